The Morgan fingerprint density at radius 2 is 2.00 bits per heavy atom. The van der Waals surface area contributed by atoms with Crippen LogP contribution in [-0.4, -0.2) is 23.0 Å². The summed E-state index contributed by atoms with van der Waals surface area (Å²) in [6, 6.07) is 7.06. The molecule has 102 valence electrons. The van der Waals surface area contributed by atoms with Crippen LogP contribution < -0.4 is 5.32 Å². The Kier molecular flexibility index (Phi) is 5.79. The summed E-state index contributed by atoms with van der Waals surface area (Å²) in [7, 11) is 0. The monoisotopic (exact) mass is 261 g/mol. The van der Waals surface area contributed by atoms with Crippen LogP contribution in [0.2, 0.25) is 0 Å². The Bertz CT molecular complexity index is 476. The van der Waals surface area contributed by atoms with E-state index in [2.05, 4.69) is 5.32 Å². The van der Waals surface area contributed by atoms with Crippen LogP contribution in [0.3, 0.4) is 0 Å². The minimum Gasteiger partial charge on any atom is -0.478 e. The van der Waals surface area contributed by atoms with Crippen LogP contribution in [0.15, 0.2) is 30.3 Å². The number of benzene rings is 1. The highest BCUT2D eigenvalue weighted by atomic mass is 16.4. The normalized spacial score (nSPS) is 10.9. The van der Waals surface area contributed by atoms with Gasteiger partial charge in [-0.15, -0.1) is 0 Å². The maximum atomic E-state index is 12.0. The number of rotatable bonds is 6. The number of nitrogens with one attached hydrogen (secondary N) is 1. The summed E-state index contributed by atoms with van der Waals surface area (Å²) in [5.74, 6) is -1.13. The van der Waals surface area contributed by atoms with E-state index in [1.165, 1.54) is 6.08 Å². The van der Waals surface area contributed by atoms with E-state index in [-0.39, 0.29) is 11.9 Å². The molecule has 1 amide bonds. The van der Waals surface area contributed by atoms with Gasteiger partial charge in [-0.05, 0) is 36.6 Å². The fourth-order valence-electron chi connectivity index (χ4n) is 1.71. The molecule has 19 heavy (non-hydrogen) atoms. The van der Waals surface area contributed by atoms with E-state index in [0.29, 0.717) is 11.1 Å². The number of amides is 1. The topological polar surface area (TPSA) is 66.4 Å². The van der Waals surface area contributed by atoms with Gasteiger partial charge in [-0.2, -0.15) is 0 Å². The number of aliphatic carboxylic acids is 1. The van der Waals surface area contributed by atoms with E-state index < -0.39 is 5.97 Å². The van der Waals surface area contributed by atoms with E-state index >= 15 is 0 Å². The summed E-state index contributed by atoms with van der Waals surface area (Å²) in [6.07, 6.45) is 4.30. The van der Waals surface area contributed by atoms with Gasteiger partial charge in [-0.3, -0.25) is 4.79 Å². The number of carboxylic acids is 1. The molecule has 1 rings (SSSR count). The summed E-state index contributed by atoms with van der Waals surface area (Å²) in [6.45, 7) is 4.06. The van der Waals surface area contributed by atoms with Crippen LogP contribution in [0.5, 0.6) is 0 Å². The summed E-state index contributed by atoms with van der Waals surface area (Å²) in [5.41, 5.74) is 1.24. The second kappa shape index (κ2) is 7.36. The highest BCUT2D eigenvalue weighted by molar-refractivity contribution is 5.95. The molecule has 1 aromatic rings. The first-order valence-corrected chi connectivity index (χ1v) is 6.38. The summed E-state index contributed by atoms with van der Waals surface area (Å²) >= 11 is 0. The van der Waals surface area contributed by atoms with Crippen LogP contribution in [0.4, 0.5) is 0 Å². The largest absolute Gasteiger partial charge is 0.478 e. The van der Waals surface area contributed by atoms with Crippen molar-refractivity contribution in [2.45, 2.75) is 32.7 Å². The Balaban J connectivity index is 2.81. The summed E-state index contributed by atoms with van der Waals surface area (Å²) < 4.78 is 0. The molecule has 0 aliphatic carbocycles. The molecule has 0 atom stereocenters. The van der Waals surface area contributed by atoms with Crippen molar-refractivity contribution in [2.24, 2.45) is 0 Å². The van der Waals surface area contributed by atoms with Gasteiger partial charge < -0.3 is 10.4 Å². The van der Waals surface area contributed by atoms with Gasteiger partial charge in [0, 0.05) is 17.7 Å². The lowest BCUT2D eigenvalue weighted by atomic mass is 10.1. The first-order chi connectivity index (χ1) is 9.06. The standard InChI is InChI=1S/C15H19NO3/c1-3-13(4-2)16-15(19)12-7-5-6-11(10-12)8-9-14(17)18/h5-10,13H,3-4H2,1-2H3,(H,16,19)(H,17,18)/b9-8+. The molecule has 0 bridgehead atoms. The van der Waals surface area contributed by atoms with E-state index in [1.54, 1.807) is 24.3 Å². The van der Waals surface area contributed by atoms with Crippen LogP contribution in [0.1, 0.15) is 42.6 Å². The summed E-state index contributed by atoms with van der Waals surface area (Å²) in [4.78, 5) is 22.5. The molecule has 0 fully saturated rings. The molecule has 1 aromatic carbocycles. The van der Waals surface area contributed by atoms with Gasteiger partial charge in [0.2, 0.25) is 0 Å². The van der Waals surface area contributed by atoms with Crippen molar-refractivity contribution in [1.29, 1.82) is 0 Å². The first-order valence-electron chi connectivity index (χ1n) is 6.38. The minimum absolute atomic E-state index is 0.126. The lowest BCUT2D eigenvalue weighted by Crippen LogP contribution is -2.33. The van der Waals surface area contributed by atoms with Gasteiger partial charge >= 0.3 is 5.97 Å². The van der Waals surface area contributed by atoms with Crippen molar-refractivity contribution in [1.82, 2.24) is 5.32 Å². The molecule has 0 heterocycles. The second-order valence-corrected chi connectivity index (χ2v) is 4.28. The zero-order chi connectivity index (χ0) is 14.3. The fraction of sp³-hybridized carbons (Fsp3) is 0.333. The van der Waals surface area contributed by atoms with Crippen LogP contribution >= 0.6 is 0 Å². The molecule has 2 N–H and O–H groups in total. The molecule has 0 aromatic heterocycles. The third-order valence-corrected chi connectivity index (χ3v) is 2.89. The number of carbonyl (C=O) groups is 2. The third kappa shape index (κ3) is 4.95. The third-order valence-electron chi connectivity index (χ3n) is 2.89. The summed E-state index contributed by atoms with van der Waals surface area (Å²) in [5, 5.41) is 11.5. The highest BCUT2D eigenvalue weighted by Gasteiger charge is 2.10. The lowest BCUT2D eigenvalue weighted by molar-refractivity contribution is -0.131. The average molecular weight is 261 g/mol. The Labute approximate surface area is 113 Å². The second-order valence-electron chi connectivity index (χ2n) is 4.28. The van der Waals surface area contributed by atoms with Crippen LogP contribution in [0, 0.1) is 0 Å². The van der Waals surface area contributed by atoms with Gasteiger partial charge in [0.15, 0.2) is 0 Å². The fourth-order valence-corrected chi connectivity index (χ4v) is 1.71. The molecule has 0 saturated heterocycles. The maximum Gasteiger partial charge on any atom is 0.328 e. The molecular formula is C15H19NO3. The Morgan fingerprint density at radius 1 is 1.32 bits per heavy atom. The van der Waals surface area contributed by atoms with Crippen molar-refractivity contribution in [3.63, 3.8) is 0 Å². The Hall–Kier alpha value is -2.10. The molecule has 0 aliphatic rings. The number of hydrogen-bond acceptors (Lipinski definition) is 2. The molecule has 4 heteroatoms. The first kappa shape index (κ1) is 15.0. The zero-order valence-corrected chi connectivity index (χ0v) is 11.2. The van der Waals surface area contributed by atoms with Gasteiger partial charge in [0.25, 0.3) is 5.91 Å². The van der Waals surface area contributed by atoms with Crippen molar-refractivity contribution >= 4 is 18.0 Å². The predicted molar refractivity (Wildman–Crippen MR) is 74.9 cm³/mol. The van der Waals surface area contributed by atoms with Crippen molar-refractivity contribution in [2.75, 3.05) is 0 Å². The zero-order valence-electron chi connectivity index (χ0n) is 11.2. The smallest absolute Gasteiger partial charge is 0.328 e. The van der Waals surface area contributed by atoms with E-state index in [9.17, 15) is 9.59 Å². The number of carbonyl (C=O) groups excluding carboxylic acids is 1. The highest BCUT2D eigenvalue weighted by Crippen LogP contribution is 2.08. The minimum atomic E-state index is -1.01. The molecule has 0 spiro atoms. The predicted octanol–water partition coefficient (Wildman–Crippen LogP) is 2.70. The van der Waals surface area contributed by atoms with Crippen molar-refractivity contribution < 1.29 is 14.7 Å². The van der Waals surface area contributed by atoms with E-state index in [0.717, 1.165) is 18.9 Å². The Morgan fingerprint density at radius 3 is 2.58 bits per heavy atom. The quantitative estimate of drug-likeness (QED) is 0.774. The molecular weight excluding hydrogens is 242 g/mol. The molecule has 0 saturated carbocycles. The van der Waals surface area contributed by atoms with Gasteiger partial charge in [-0.25, -0.2) is 4.79 Å². The molecule has 0 unspecified atom stereocenters. The average Bonchev–Trinajstić information content (AvgIpc) is 2.42. The van der Waals surface area contributed by atoms with Gasteiger partial charge in [-0.1, -0.05) is 26.0 Å². The van der Waals surface area contributed by atoms with Crippen molar-refractivity contribution in [3.8, 4) is 0 Å². The maximum absolute atomic E-state index is 12.0. The van der Waals surface area contributed by atoms with E-state index in [4.69, 9.17) is 5.11 Å². The number of carboxylic acid groups (broad SMARTS) is 1. The molecule has 4 nitrogen and oxygen atoms in total. The molecule has 0 aliphatic heterocycles. The van der Waals surface area contributed by atoms with Gasteiger partial charge in [0.05, 0.1) is 0 Å². The SMILES string of the molecule is CCC(CC)NC(=O)c1cccc(/C=C/C(=O)O)c1. The number of hydrogen-bond donors (Lipinski definition) is 2. The lowest BCUT2D eigenvalue weighted by Gasteiger charge is -2.14. The van der Waals surface area contributed by atoms with E-state index in [1.807, 2.05) is 13.8 Å². The molecule has 0 radical (unpaired) electrons. The van der Waals surface area contributed by atoms with Crippen LogP contribution in [-0.2, 0) is 4.79 Å². The van der Waals surface area contributed by atoms with Gasteiger partial charge in [0.1, 0.15) is 0 Å². The van der Waals surface area contributed by atoms with Crippen LogP contribution in [0.25, 0.3) is 6.08 Å². The van der Waals surface area contributed by atoms with Crippen molar-refractivity contribution in [3.05, 3.63) is 41.5 Å².